The van der Waals surface area contributed by atoms with Crippen molar-refractivity contribution in [2.24, 2.45) is 0 Å². The third-order valence-electron chi connectivity index (χ3n) is 11.8. The van der Waals surface area contributed by atoms with Crippen molar-refractivity contribution in [3.63, 3.8) is 0 Å². The molecule has 2 atom stereocenters. The van der Waals surface area contributed by atoms with E-state index in [9.17, 15) is 14.3 Å². The van der Waals surface area contributed by atoms with E-state index in [1.807, 2.05) is 21.1 Å². The predicted molar refractivity (Wildman–Crippen MR) is 288 cm³/mol. The summed E-state index contributed by atoms with van der Waals surface area (Å²) in [6, 6.07) is 0. The molecule has 390 valence electrons. The van der Waals surface area contributed by atoms with Gasteiger partial charge in [-0.3, -0.25) is 13.8 Å². The Labute approximate surface area is 414 Å². The maximum absolute atomic E-state index is 12.8. The summed E-state index contributed by atoms with van der Waals surface area (Å²) in [6.07, 6.45) is 66.7. The SMILES string of the molecule is CC/C=C\C/C=C\C/C=C\C/C=C\CCCCCCCCCCCCCOCC(COP(=O)(O)OCC[N+](C)(C)C)OC(=O)CCCCCCCCCCC/C=C\C/C=C\CCCCCCC. The Bertz CT molecular complexity index is 1300. The number of carbonyl (C=O) groups is 1. The average molecular weight is 961 g/mol. The van der Waals surface area contributed by atoms with Crippen LogP contribution in [0.2, 0.25) is 0 Å². The molecule has 0 aliphatic heterocycles. The number of likely N-dealkylation sites (N-methyl/N-ethyl adjacent to an activating group) is 1. The summed E-state index contributed by atoms with van der Waals surface area (Å²) in [5, 5.41) is 0. The van der Waals surface area contributed by atoms with Crippen molar-refractivity contribution in [1.82, 2.24) is 0 Å². The number of hydrogen-bond donors (Lipinski definition) is 1. The largest absolute Gasteiger partial charge is 0.472 e. The van der Waals surface area contributed by atoms with E-state index in [0.717, 1.165) is 64.2 Å². The second-order valence-corrected chi connectivity index (χ2v) is 21.0. The van der Waals surface area contributed by atoms with Crippen LogP contribution in [0, 0.1) is 0 Å². The Kier molecular flexibility index (Phi) is 48.8. The van der Waals surface area contributed by atoms with E-state index in [4.69, 9.17) is 18.5 Å². The maximum atomic E-state index is 12.8. The highest BCUT2D eigenvalue weighted by Gasteiger charge is 2.26. The van der Waals surface area contributed by atoms with E-state index in [1.165, 1.54) is 148 Å². The highest BCUT2D eigenvalue weighted by Crippen LogP contribution is 2.43. The van der Waals surface area contributed by atoms with E-state index >= 15 is 0 Å². The molecule has 0 rings (SSSR count). The van der Waals surface area contributed by atoms with Gasteiger partial charge in [-0.05, 0) is 83.5 Å². The first kappa shape index (κ1) is 64.9. The molecular weight excluding hydrogens is 854 g/mol. The molecular formula is C58H107NO7P+. The van der Waals surface area contributed by atoms with Crippen molar-refractivity contribution in [1.29, 1.82) is 0 Å². The lowest BCUT2D eigenvalue weighted by Crippen LogP contribution is -2.37. The summed E-state index contributed by atoms with van der Waals surface area (Å²) in [5.41, 5.74) is 0. The Balaban J connectivity index is 4.12. The van der Waals surface area contributed by atoms with E-state index in [-0.39, 0.29) is 25.8 Å². The second kappa shape index (κ2) is 50.3. The third-order valence-corrected chi connectivity index (χ3v) is 12.7. The van der Waals surface area contributed by atoms with Crippen LogP contribution in [0.15, 0.2) is 72.9 Å². The van der Waals surface area contributed by atoms with Gasteiger partial charge in [-0.1, -0.05) is 215 Å². The Morgan fingerprint density at radius 2 is 0.866 bits per heavy atom. The number of carbonyl (C=O) groups excluding carboxylic acids is 1. The lowest BCUT2D eigenvalue weighted by molar-refractivity contribution is -0.870. The first-order valence-corrected chi connectivity index (χ1v) is 29.2. The lowest BCUT2D eigenvalue weighted by atomic mass is 10.1. The number of esters is 1. The van der Waals surface area contributed by atoms with Gasteiger partial charge in [0.15, 0.2) is 0 Å². The molecule has 0 saturated heterocycles. The molecule has 8 nitrogen and oxygen atoms in total. The number of hydrogen-bond acceptors (Lipinski definition) is 6. The number of phosphoric acid groups is 1. The van der Waals surface area contributed by atoms with Gasteiger partial charge >= 0.3 is 13.8 Å². The molecule has 67 heavy (non-hydrogen) atoms. The molecule has 0 bridgehead atoms. The van der Waals surface area contributed by atoms with Gasteiger partial charge in [-0.15, -0.1) is 0 Å². The molecule has 0 saturated carbocycles. The van der Waals surface area contributed by atoms with Crippen LogP contribution < -0.4 is 0 Å². The number of quaternary nitrogens is 1. The normalized spacial score (nSPS) is 14.1. The Morgan fingerprint density at radius 3 is 1.30 bits per heavy atom. The molecule has 0 aliphatic rings. The molecule has 2 unspecified atom stereocenters. The molecule has 9 heteroatoms. The zero-order chi connectivity index (χ0) is 49.0. The molecule has 0 amide bonds. The number of unbranched alkanes of at least 4 members (excludes halogenated alkanes) is 25. The minimum atomic E-state index is -4.29. The van der Waals surface area contributed by atoms with Crippen molar-refractivity contribution in [3.05, 3.63) is 72.9 Å². The molecule has 0 radical (unpaired) electrons. The first-order chi connectivity index (χ1) is 32.6. The number of rotatable bonds is 51. The van der Waals surface area contributed by atoms with Gasteiger partial charge in [-0.25, -0.2) is 4.57 Å². The van der Waals surface area contributed by atoms with Crippen molar-refractivity contribution >= 4 is 13.8 Å². The zero-order valence-electron chi connectivity index (χ0n) is 44.4. The molecule has 0 spiro atoms. The minimum Gasteiger partial charge on any atom is -0.457 e. The summed E-state index contributed by atoms with van der Waals surface area (Å²) in [6.45, 7) is 5.50. The van der Waals surface area contributed by atoms with E-state index in [1.54, 1.807) is 0 Å². The van der Waals surface area contributed by atoms with Crippen LogP contribution in [0.5, 0.6) is 0 Å². The zero-order valence-corrected chi connectivity index (χ0v) is 45.3. The molecule has 0 aromatic rings. The number of nitrogens with zero attached hydrogens (tertiary/aromatic N) is 1. The first-order valence-electron chi connectivity index (χ1n) is 27.7. The number of allylic oxidation sites excluding steroid dienone is 12. The summed E-state index contributed by atoms with van der Waals surface area (Å²) >= 11 is 0. The number of ether oxygens (including phenoxy) is 2. The van der Waals surface area contributed by atoms with Crippen LogP contribution in [0.3, 0.4) is 0 Å². The van der Waals surface area contributed by atoms with Gasteiger partial charge in [0.2, 0.25) is 0 Å². The topological polar surface area (TPSA) is 91.3 Å². The fraction of sp³-hybridized carbons (Fsp3) is 0.776. The Hall–Kier alpha value is -2.06. The lowest BCUT2D eigenvalue weighted by Gasteiger charge is -2.24. The smallest absolute Gasteiger partial charge is 0.457 e. The van der Waals surface area contributed by atoms with Gasteiger partial charge < -0.3 is 18.9 Å². The van der Waals surface area contributed by atoms with E-state index in [0.29, 0.717) is 24.1 Å². The highest BCUT2D eigenvalue weighted by atomic mass is 31.2. The quantitative estimate of drug-likeness (QED) is 0.0213. The van der Waals surface area contributed by atoms with Gasteiger partial charge in [0.1, 0.15) is 19.3 Å². The standard InChI is InChI=1S/C58H106NO7P/c1-6-8-10-12-14-16-18-20-22-24-26-28-29-30-32-34-36-38-40-42-44-46-48-50-53-63-55-57(56-65-67(61,62)64-54-52-59(3,4)5)66-58(60)51-49-47-45-43-41-39-37-35-33-31-27-25-23-21-19-17-15-13-11-9-7-2/h8,10,14,16,19-22,25-28,57H,6-7,9,11-13,15,17-18,23-24,29-56H2,1-5H3/p+1/b10-8-,16-14-,21-19-,22-20-,27-25-,28-26-. The van der Waals surface area contributed by atoms with Crippen molar-refractivity contribution in [2.75, 3.05) is 54.1 Å². The van der Waals surface area contributed by atoms with Gasteiger partial charge in [-0.2, -0.15) is 0 Å². The van der Waals surface area contributed by atoms with Crippen LogP contribution in [0.4, 0.5) is 0 Å². The van der Waals surface area contributed by atoms with E-state index in [2.05, 4.69) is 86.8 Å². The average Bonchev–Trinajstić information content (AvgIpc) is 3.29. The maximum Gasteiger partial charge on any atom is 0.472 e. The summed E-state index contributed by atoms with van der Waals surface area (Å²) in [7, 11) is 1.66. The highest BCUT2D eigenvalue weighted by molar-refractivity contribution is 7.47. The predicted octanol–water partition coefficient (Wildman–Crippen LogP) is 17.4. The molecule has 1 N–H and O–H groups in total. The van der Waals surface area contributed by atoms with Gasteiger partial charge in [0.25, 0.3) is 0 Å². The minimum absolute atomic E-state index is 0.0846. The van der Waals surface area contributed by atoms with Crippen LogP contribution in [-0.4, -0.2) is 75.6 Å². The summed E-state index contributed by atoms with van der Waals surface area (Å²) in [5.74, 6) is -0.319. The van der Waals surface area contributed by atoms with Crippen molar-refractivity contribution in [2.45, 2.75) is 238 Å². The summed E-state index contributed by atoms with van der Waals surface area (Å²) < 4.78 is 35.2. The van der Waals surface area contributed by atoms with Gasteiger partial charge in [0, 0.05) is 13.0 Å². The van der Waals surface area contributed by atoms with Crippen LogP contribution in [0.25, 0.3) is 0 Å². The molecule has 0 heterocycles. The van der Waals surface area contributed by atoms with Crippen molar-refractivity contribution < 1.29 is 37.3 Å². The van der Waals surface area contributed by atoms with Crippen LogP contribution >= 0.6 is 7.82 Å². The monoisotopic (exact) mass is 961 g/mol. The third kappa shape index (κ3) is 54.7. The van der Waals surface area contributed by atoms with E-state index < -0.39 is 13.9 Å². The fourth-order valence-electron chi connectivity index (χ4n) is 7.52. The van der Waals surface area contributed by atoms with Gasteiger partial charge in [0.05, 0.1) is 34.4 Å². The molecule has 0 fully saturated rings. The Morgan fingerprint density at radius 1 is 0.478 bits per heavy atom. The van der Waals surface area contributed by atoms with Crippen LogP contribution in [0.1, 0.15) is 232 Å². The number of phosphoric ester groups is 1. The summed E-state index contributed by atoms with van der Waals surface area (Å²) in [4.78, 5) is 23.1. The second-order valence-electron chi connectivity index (χ2n) is 19.6. The fourth-order valence-corrected chi connectivity index (χ4v) is 8.26. The molecule has 0 aromatic heterocycles. The molecule has 0 aliphatic carbocycles. The van der Waals surface area contributed by atoms with Crippen LogP contribution in [-0.2, 0) is 27.9 Å². The van der Waals surface area contributed by atoms with Crippen molar-refractivity contribution in [3.8, 4) is 0 Å². The molecule has 0 aromatic carbocycles.